The van der Waals surface area contributed by atoms with E-state index in [1.54, 1.807) is 25.4 Å². The largest absolute Gasteiger partial charge is 0.497 e. The molecule has 3 rings (SSSR count). The molecule has 0 saturated carbocycles. The fourth-order valence-electron chi connectivity index (χ4n) is 2.44. The van der Waals surface area contributed by atoms with Gasteiger partial charge in [0.05, 0.1) is 19.5 Å². The molecule has 0 unspecified atom stereocenters. The van der Waals surface area contributed by atoms with Gasteiger partial charge in [0.25, 0.3) is 5.91 Å². The van der Waals surface area contributed by atoms with Crippen LogP contribution in [0.2, 0.25) is 0 Å². The maximum Gasteiger partial charge on any atom is 0.275 e. The summed E-state index contributed by atoms with van der Waals surface area (Å²) in [6, 6.07) is 7.19. The SMILES string of the molecule is COc1cccc(NC(=O)c2cnc(N3CCCC3)cn2)c1. The van der Waals surface area contributed by atoms with E-state index in [1.165, 1.54) is 19.0 Å². The van der Waals surface area contributed by atoms with E-state index in [2.05, 4.69) is 20.2 Å². The molecule has 0 radical (unpaired) electrons. The zero-order valence-corrected chi connectivity index (χ0v) is 12.5. The molecule has 0 bridgehead atoms. The Morgan fingerprint density at radius 3 is 2.73 bits per heavy atom. The van der Waals surface area contributed by atoms with Gasteiger partial charge in [0.15, 0.2) is 0 Å². The summed E-state index contributed by atoms with van der Waals surface area (Å²) in [5, 5.41) is 2.79. The molecule has 0 aliphatic carbocycles. The van der Waals surface area contributed by atoms with E-state index in [9.17, 15) is 4.79 Å². The average molecular weight is 298 g/mol. The van der Waals surface area contributed by atoms with Gasteiger partial charge >= 0.3 is 0 Å². The maximum atomic E-state index is 12.2. The Kier molecular flexibility index (Phi) is 4.18. The molecule has 1 aliphatic heterocycles. The summed E-state index contributed by atoms with van der Waals surface area (Å²) in [6.07, 6.45) is 5.54. The highest BCUT2D eigenvalue weighted by atomic mass is 16.5. The van der Waals surface area contributed by atoms with Gasteiger partial charge < -0.3 is 15.0 Å². The number of anilines is 2. The van der Waals surface area contributed by atoms with Crippen molar-refractivity contribution in [3.8, 4) is 5.75 Å². The van der Waals surface area contributed by atoms with Gasteiger partial charge in [-0.1, -0.05) is 6.07 Å². The van der Waals surface area contributed by atoms with E-state index in [0.29, 0.717) is 17.1 Å². The first-order valence-corrected chi connectivity index (χ1v) is 7.28. The second-order valence-electron chi connectivity index (χ2n) is 5.14. The number of carbonyl (C=O) groups is 1. The van der Waals surface area contributed by atoms with E-state index >= 15 is 0 Å². The molecule has 6 heteroatoms. The fraction of sp³-hybridized carbons (Fsp3) is 0.312. The molecule has 1 saturated heterocycles. The van der Waals surface area contributed by atoms with Gasteiger partial charge in [0.1, 0.15) is 17.3 Å². The van der Waals surface area contributed by atoms with Crippen LogP contribution in [0.1, 0.15) is 23.3 Å². The molecular weight excluding hydrogens is 280 g/mol. The summed E-state index contributed by atoms with van der Waals surface area (Å²) in [7, 11) is 1.59. The van der Waals surface area contributed by atoms with E-state index in [4.69, 9.17) is 4.74 Å². The number of nitrogens with zero attached hydrogens (tertiary/aromatic N) is 3. The van der Waals surface area contributed by atoms with Gasteiger partial charge in [0.2, 0.25) is 0 Å². The van der Waals surface area contributed by atoms with Crippen molar-refractivity contribution in [3.05, 3.63) is 42.4 Å². The fourth-order valence-corrected chi connectivity index (χ4v) is 2.44. The van der Waals surface area contributed by atoms with Gasteiger partial charge in [-0.25, -0.2) is 9.97 Å². The Hall–Kier alpha value is -2.63. The van der Waals surface area contributed by atoms with Crippen molar-refractivity contribution in [3.63, 3.8) is 0 Å². The van der Waals surface area contributed by atoms with Gasteiger partial charge in [-0.3, -0.25) is 4.79 Å². The number of hydrogen-bond acceptors (Lipinski definition) is 5. The molecule has 1 aromatic heterocycles. The first-order chi connectivity index (χ1) is 10.8. The summed E-state index contributed by atoms with van der Waals surface area (Å²) in [6.45, 7) is 2.01. The number of carbonyl (C=O) groups excluding carboxylic acids is 1. The highest BCUT2D eigenvalue weighted by molar-refractivity contribution is 6.02. The molecule has 1 N–H and O–H groups in total. The van der Waals surface area contributed by atoms with Crippen molar-refractivity contribution in [1.82, 2.24) is 9.97 Å². The van der Waals surface area contributed by atoms with Gasteiger partial charge in [-0.05, 0) is 25.0 Å². The minimum absolute atomic E-state index is 0.284. The lowest BCUT2D eigenvalue weighted by molar-refractivity contribution is 0.102. The Labute approximate surface area is 129 Å². The lowest BCUT2D eigenvalue weighted by atomic mass is 10.3. The average Bonchev–Trinajstić information content (AvgIpc) is 3.09. The van der Waals surface area contributed by atoms with Crippen LogP contribution in [0.5, 0.6) is 5.75 Å². The van der Waals surface area contributed by atoms with Crippen molar-refractivity contribution in [2.24, 2.45) is 0 Å². The van der Waals surface area contributed by atoms with Crippen LogP contribution in [0.3, 0.4) is 0 Å². The van der Waals surface area contributed by atoms with Crippen LogP contribution in [0.25, 0.3) is 0 Å². The van der Waals surface area contributed by atoms with Crippen molar-refractivity contribution in [2.75, 3.05) is 30.4 Å². The first kappa shape index (κ1) is 14.3. The van der Waals surface area contributed by atoms with Crippen molar-refractivity contribution >= 4 is 17.4 Å². The van der Waals surface area contributed by atoms with Crippen LogP contribution in [0.15, 0.2) is 36.7 Å². The molecule has 1 aliphatic rings. The molecule has 2 heterocycles. The van der Waals surface area contributed by atoms with E-state index in [1.807, 2.05) is 12.1 Å². The van der Waals surface area contributed by atoms with Gasteiger partial charge in [0, 0.05) is 24.8 Å². The van der Waals surface area contributed by atoms with Crippen molar-refractivity contribution in [1.29, 1.82) is 0 Å². The highest BCUT2D eigenvalue weighted by Gasteiger charge is 2.15. The third kappa shape index (κ3) is 3.16. The number of nitrogens with one attached hydrogen (secondary N) is 1. The summed E-state index contributed by atoms with van der Waals surface area (Å²) < 4.78 is 5.13. The summed E-state index contributed by atoms with van der Waals surface area (Å²) in [5.74, 6) is 1.23. The molecular formula is C16H18N4O2. The molecule has 1 aromatic carbocycles. The third-order valence-corrected chi connectivity index (χ3v) is 3.63. The smallest absolute Gasteiger partial charge is 0.275 e. The quantitative estimate of drug-likeness (QED) is 0.938. The molecule has 6 nitrogen and oxygen atoms in total. The first-order valence-electron chi connectivity index (χ1n) is 7.28. The molecule has 0 spiro atoms. The number of hydrogen-bond donors (Lipinski definition) is 1. The van der Waals surface area contributed by atoms with E-state index < -0.39 is 0 Å². The number of amides is 1. The normalized spacial score (nSPS) is 14.0. The van der Waals surface area contributed by atoms with Crippen LogP contribution in [-0.2, 0) is 0 Å². The second kappa shape index (κ2) is 6.43. The van der Waals surface area contributed by atoms with E-state index in [-0.39, 0.29) is 5.91 Å². The predicted molar refractivity (Wildman–Crippen MR) is 84.4 cm³/mol. The molecule has 114 valence electrons. The van der Waals surface area contributed by atoms with Crippen LogP contribution < -0.4 is 15.0 Å². The van der Waals surface area contributed by atoms with Crippen LogP contribution in [0, 0.1) is 0 Å². The number of benzene rings is 1. The van der Waals surface area contributed by atoms with Gasteiger partial charge in [-0.2, -0.15) is 0 Å². The predicted octanol–water partition coefficient (Wildman–Crippen LogP) is 2.34. The molecule has 1 amide bonds. The molecule has 1 fully saturated rings. The Morgan fingerprint density at radius 1 is 1.23 bits per heavy atom. The van der Waals surface area contributed by atoms with Crippen LogP contribution in [-0.4, -0.2) is 36.1 Å². The Bertz CT molecular complexity index is 651. The zero-order valence-electron chi connectivity index (χ0n) is 12.5. The number of methoxy groups -OCH3 is 1. The minimum atomic E-state index is -0.284. The molecule has 2 aromatic rings. The monoisotopic (exact) mass is 298 g/mol. The Balaban J connectivity index is 1.69. The number of ether oxygens (including phenoxy) is 1. The second-order valence-corrected chi connectivity index (χ2v) is 5.14. The van der Waals surface area contributed by atoms with Gasteiger partial charge in [-0.15, -0.1) is 0 Å². The summed E-state index contributed by atoms with van der Waals surface area (Å²) >= 11 is 0. The molecule has 0 atom stereocenters. The standard InChI is InChI=1S/C16H18N4O2/c1-22-13-6-4-5-12(9-13)19-16(21)14-10-18-15(11-17-14)20-7-2-3-8-20/h4-6,9-11H,2-3,7-8H2,1H3,(H,19,21). The van der Waals surface area contributed by atoms with Crippen molar-refractivity contribution in [2.45, 2.75) is 12.8 Å². The minimum Gasteiger partial charge on any atom is -0.497 e. The van der Waals surface area contributed by atoms with E-state index in [0.717, 1.165) is 18.9 Å². The number of aromatic nitrogens is 2. The zero-order chi connectivity index (χ0) is 15.4. The lowest BCUT2D eigenvalue weighted by Crippen LogP contribution is -2.20. The topological polar surface area (TPSA) is 67.3 Å². The molecule has 22 heavy (non-hydrogen) atoms. The van der Waals surface area contributed by atoms with Crippen LogP contribution in [0.4, 0.5) is 11.5 Å². The lowest BCUT2D eigenvalue weighted by Gasteiger charge is -2.15. The Morgan fingerprint density at radius 2 is 2.05 bits per heavy atom. The summed E-state index contributed by atoms with van der Waals surface area (Å²) in [5.41, 5.74) is 0.959. The van der Waals surface area contributed by atoms with Crippen LogP contribution >= 0.6 is 0 Å². The third-order valence-electron chi connectivity index (χ3n) is 3.63. The summed E-state index contributed by atoms with van der Waals surface area (Å²) in [4.78, 5) is 22.9. The number of rotatable bonds is 4. The highest BCUT2D eigenvalue weighted by Crippen LogP contribution is 2.18. The van der Waals surface area contributed by atoms with Crippen molar-refractivity contribution < 1.29 is 9.53 Å². The maximum absolute atomic E-state index is 12.2.